The second-order valence-corrected chi connectivity index (χ2v) is 7.41. The molecule has 0 aliphatic carbocycles. The smallest absolute Gasteiger partial charge is 0.444 e. The summed E-state index contributed by atoms with van der Waals surface area (Å²) < 4.78 is 44.6. The third-order valence-electron chi connectivity index (χ3n) is 3.69. The van der Waals surface area contributed by atoms with Crippen LogP contribution in [0.25, 0.3) is 0 Å². The maximum Gasteiger partial charge on any atom is 0.451 e. The maximum atomic E-state index is 12.9. The number of alkyl halides is 4. The van der Waals surface area contributed by atoms with E-state index in [1.165, 1.54) is 4.90 Å². The van der Waals surface area contributed by atoms with Crippen LogP contribution < -0.4 is 5.32 Å². The Labute approximate surface area is 159 Å². The van der Waals surface area contributed by atoms with Gasteiger partial charge in [0, 0.05) is 25.4 Å². The van der Waals surface area contributed by atoms with Gasteiger partial charge in [-0.15, -0.1) is 21.8 Å². The molecule has 0 saturated heterocycles. The largest absolute Gasteiger partial charge is 0.451 e. The fourth-order valence-electron chi connectivity index (χ4n) is 2.54. The summed E-state index contributed by atoms with van der Waals surface area (Å²) in [6.07, 6.45) is -5.41. The Morgan fingerprint density at radius 1 is 1.26 bits per heavy atom. The molecular weight excluding hydrogens is 391 g/mol. The molecule has 1 aromatic rings. The summed E-state index contributed by atoms with van der Waals surface area (Å²) in [5.41, 5.74) is -0.696. The molecule has 8 nitrogen and oxygen atoms in total. The van der Waals surface area contributed by atoms with Crippen molar-refractivity contribution in [2.45, 2.75) is 58.1 Å². The van der Waals surface area contributed by atoms with Crippen molar-refractivity contribution in [3.05, 3.63) is 11.6 Å². The Bertz CT molecular complexity index is 702. The van der Waals surface area contributed by atoms with Gasteiger partial charge in [-0.25, -0.2) is 4.79 Å². The molecule has 2 rings (SSSR count). The van der Waals surface area contributed by atoms with E-state index in [0.717, 1.165) is 4.57 Å². The van der Waals surface area contributed by atoms with E-state index in [0.29, 0.717) is 0 Å². The average molecular weight is 412 g/mol. The summed E-state index contributed by atoms with van der Waals surface area (Å²) in [5.74, 6) is -1.40. The number of rotatable bonds is 4. The van der Waals surface area contributed by atoms with Gasteiger partial charge < -0.3 is 19.5 Å². The molecule has 1 atom stereocenters. The summed E-state index contributed by atoms with van der Waals surface area (Å²) in [6.45, 7) is 5.03. The Kier molecular flexibility index (Phi) is 6.23. The monoisotopic (exact) mass is 411 g/mol. The van der Waals surface area contributed by atoms with Crippen molar-refractivity contribution in [2.75, 3.05) is 12.4 Å². The van der Waals surface area contributed by atoms with Gasteiger partial charge in [-0.2, -0.15) is 13.2 Å². The van der Waals surface area contributed by atoms with Crippen LogP contribution >= 0.6 is 11.6 Å². The number of halogens is 4. The van der Waals surface area contributed by atoms with E-state index in [1.807, 2.05) is 0 Å². The maximum absolute atomic E-state index is 12.9. The number of nitrogens with zero attached hydrogens (tertiary/aromatic N) is 4. The Morgan fingerprint density at radius 2 is 1.93 bits per heavy atom. The van der Waals surface area contributed by atoms with Gasteiger partial charge in [0.25, 0.3) is 0 Å². The van der Waals surface area contributed by atoms with Gasteiger partial charge in [0.2, 0.25) is 11.7 Å². The lowest BCUT2D eigenvalue weighted by Crippen LogP contribution is -2.45. The molecule has 1 aliphatic rings. The second kappa shape index (κ2) is 7.91. The topological polar surface area (TPSA) is 89.4 Å². The zero-order valence-corrected chi connectivity index (χ0v) is 15.9. The molecule has 0 aromatic carbocycles. The van der Waals surface area contributed by atoms with E-state index < -0.39 is 29.7 Å². The quantitative estimate of drug-likeness (QED) is 0.767. The molecule has 0 bridgehead atoms. The lowest BCUT2D eigenvalue weighted by molar-refractivity contribution is -0.148. The highest BCUT2D eigenvalue weighted by Gasteiger charge is 2.40. The second-order valence-electron chi connectivity index (χ2n) is 7.11. The van der Waals surface area contributed by atoms with Crippen LogP contribution in [0.1, 0.15) is 38.8 Å². The Balaban J connectivity index is 1.96. The van der Waals surface area contributed by atoms with Crippen molar-refractivity contribution < 1.29 is 27.5 Å². The minimum atomic E-state index is -4.60. The number of hydrogen-bond acceptors (Lipinski definition) is 5. The molecule has 27 heavy (non-hydrogen) atoms. The first-order valence-electron chi connectivity index (χ1n) is 8.23. The number of aromatic nitrogens is 3. The molecule has 2 heterocycles. The standard InChI is InChI=1S/C15H21ClF3N5O3/c1-14(2,3)27-13(26)20-9(7-16)6-11(25)23-4-5-24-10(8-23)21-22-12(24)15(17,18)19/h9H,4-8H2,1-3H3,(H,20,26). The molecule has 0 spiro atoms. The Hall–Kier alpha value is -2.04. The third-order valence-corrected chi connectivity index (χ3v) is 4.06. The highest BCUT2D eigenvalue weighted by molar-refractivity contribution is 6.18. The van der Waals surface area contributed by atoms with E-state index in [-0.39, 0.29) is 43.7 Å². The first kappa shape index (κ1) is 21.3. The zero-order valence-electron chi connectivity index (χ0n) is 15.1. The minimum Gasteiger partial charge on any atom is -0.444 e. The van der Waals surface area contributed by atoms with Gasteiger partial charge in [-0.1, -0.05) is 0 Å². The summed E-state index contributed by atoms with van der Waals surface area (Å²) in [6, 6.07) is -0.667. The van der Waals surface area contributed by atoms with Crippen LogP contribution in [0.2, 0.25) is 0 Å². The molecule has 1 unspecified atom stereocenters. The summed E-state index contributed by atoms with van der Waals surface area (Å²) in [7, 11) is 0. The van der Waals surface area contributed by atoms with Crippen LogP contribution in [0.15, 0.2) is 0 Å². The molecule has 1 aliphatic heterocycles. The fraction of sp³-hybridized carbons (Fsp3) is 0.733. The number of carbonyl (C=O) groups excluding carboxylic acids is 2. The zero-order chi connectivity index (χ0) is 20.4. The number of nitrogens with one attached hydrogen (secondary N) is 1. The molecule has 1 N–H and O–H groups in total. The van der Waals surface area contributed by atoms with Gasteiger partial charge >= 0.3 is 12.3 Å². The van der Waals surface area contributed by atoms with Crippen LogP contribution in [0.4, 0.5) is 18.0 Å². The highest BCUT2D eigenvalue weighted by Crippen LogP contribution is 2.29. The van der Waals surface area contributed by atoms with Gasteiger partial charge in [0.15, 0.2) is 5.82 Å². The van der Waals surface area contributed by atoms with E-state index >= 15 is 0 Å². The fourth-order valence-corrected chi connectivity index (χ4v) is 2.72. The summed E-state index contributed by atoms with van der Waals surface area (Å²) in [4.78, 5) is 25.6. The Morgan fingerprint density at radius 3 is 2.48 bits per heavy atom. The molecule has 0 saturated carbocycles. The van der Waals surface area contributed by atoms with Gasteiger partial charge in [-0.05, 0) is 20.8 Å². The molecule has 2 amide bonds. The summed E-state index contributed by atoms with van der Waals surface area (Å²) >= 11 is 5.81. The van der Waals surface area contributed by atoms with Crippen molar-refractivity contribution in [3.8, 4) is 0 Å². The molecule has 152 valence electrons. The van der Waals surface area contributed by atoms with E-state index in [2.05, 4.69) is 15.5 Å². The van der Waals surface area contributed by atoms with Crippen molar-refractivity contribution in [3.63, 3.8) is 0 Å². The van der Waals surface area contributed by atoms with E-state index in [1.54, 1.807) is 20.8 Å². The summed E-state index contributed by atoms with van der Waals surface area (Å²) in [5, 5.41) is 9.21. The highest BCUT2D eigenvalue weighted by atomic mass is 35.5. The first-order valence-corrected chi connectivity index (χ1v) is 8.76. The third kappa shape index (κ3) is 5.72. The number of hydrogen-bond donors (Lipinski definition) is 1. The SMILES string of the molecule is CC(C)(C)OC(=O)NC(CCl)CC(=O)N1CCn2c(nnc2C(F)(F)F)C1. The number of alkyl carbamates (subject to hydrolysis) is 1. The van der Waals surface area contributed by atoms with Crippen molar-refractivity contribution in [2.24, 2.45) is 0 Å². The molecular formula is C15H21ClF3N5O3. The van der Waals surface area contributed by atoms with Crippen molar-refractivity contribution in [1.29, 1.82) is 0 Å². The predicted octanol–water partition coefficient (Wildman–Crippen LogP) is 2.16. The molecule has 0 fully saturated rings. The van der Waals surface area contributed by atoms with E-state index in [4.69, 9.17) is 16.3 Å². The van der Waals surface area contributed by atoms with E-state index in [9.17, 15) is 22.8 Å². The van der Waals surface area contributed by atoms with Crippen LogP contribution in [0.5, 0.6) is 0 Å². The first-order chi connectivity index (χ1) is 12.4. The number of ether oxygens (including phenoxy) is 1. The molecule has 12 heteroatoms. The lowest BCUT2D eigenvalue weighted by Gasteiger charge is -2.29. The minimum absolute atomic E-state index is 0.0206. The van der Waals surface area contributed by atoms with Crippen LogP contribution in [0, 0.1) is 0 Å². The van der Waals surface area contributed by atoms with Gasteiger partial charge in [0.1, 0.15) is 5.60 Å². The number of carbonyl (C=O) groups is 2. The van der Waals surface area contributed by atoms with Crippen LogP contribution in [-0.2, 0) is 28.8 Å². The van der Waals surface area contributed by atoms with Crippen LogP contribution in [-0.4, -0.2) is 55.7 Å². The van der Waals surface area contributed by atoms with Gasteiger partial charge in [-0.3, -0.25) is 4.79 Å². The average Bonchev–Trinajstić information content (AvgIpc) is 2.95. The number of amides is 2. The van der Waals surface area contributed by atoms with Gasteiger partial charge in [0.05, 0.1) is 12.6 Å². The van der Waals surface area contributed by atoms with Crippen molar-refractivity contribution in [1.82, 2.24) is 25.0 Å². The number of fused-ring (bicyclic) bond motifs is 1. The normalized spacial score (nSPS) is 15.9. The molecule has 1 aromatic heterocycles. The lowest BCUT2D eigenvalue weighted by atomic mass is 10.2. The molecule has 0 radical (unpaired) electrons. The predicted molar refractivity (Wildman–Crippen MR) is 88.9 cm³/mol. The van der Waals surface area contributed by atoms with Crippen LogP contribution in [0.3, 0.4) is 0 Å². The van der Waals surface area contributed by atoms with Crippen molar-refractivity contribution >= 4 is 23.6 Å².